The van der Waals surface area contributed by atoms with Gasteiger partial charge in [-0.3, -0.25) is 14.3 Å². The van der Waals surface area contributed by atoms with Crippen molar-refractivity contribution in [2.75, 3.05) is 18.9 Å². The molecule has 122 valence electrons. The third-order valence-corrected chi connectivity index (χ3v) is 3.69. The van der Waals surface area contributed by atoms with Crippen LogP contribution in [0.15, 0.2) is 41.1 Å². The van der Waals surface area contributed by atoms with E-state index in [4.69, 9.17) is 0 Å². The number of benzene rings is 1. The molecule has 0 radical (unpaired) electrons. The van der Waals surface area contributed by atoms with Gasteiger partial charge in [-0.1, -0.05) is 15.9 Å². The van der Waals surface area contributed by atoms with Crippen LogP contribution in [0.5, 0.6) is 0 Å². The van der Waals surface area contributed by atoms with E-state index < -0.39 is 6.04 Å². The highest BCUT2D eigenvalue weighted by molar-refractivity contribution is 9.10. The quantitative estimate of drug-likeness (QED) is 0.703. The van der Waals surface area contributed by atoms with Crippen molar-refractivity contribution in [1.29, 1.82) is 0 Å². The number of rotatable bonds is 6. The summed E-state index contributed by atoms with van der Waals surface area (Å²) < 4.78 is 2.55. The first kappa shape index (κ1) is 17.2. The first-order valence-electron chi connectivity index (χ1n) is 6.98. The molecular weight excluding hydrogens is 362 g/mol. The number of nitrogens with zero attached hydrogens (tertiary/aromatic N) is 2. The molecule has 7 nitrogen and oxygen atoms in total. The Morgan fingerprint density at radius 1 is 1.30 bits per heavy atom. The monoisotopic (exact) mass is 379 g/mol. The maximum Gasteiger partial charge on any atom is 0.243 e. The van der Waals surface area contributed by atoms with Gasteiger partial charge in [-0.15, -0.1) is 0 Å². The van der Waals surface area contributed by atoms with Crippen molar-refractivity contribution in [3.63, 3.8) is 0 Å². The third-order valence-electron chi connectivity index (χ3n) is 3.16. The molecule has 0 aliphatic heterocycles. The second kappa shape index (κ2) is 7.89. The highest BCUT2D eigenvalue weighted by Gasteiger charge is 2.20. The summed E-state index contributed by atoms with van der Waals surface area (Å²) in [6, 6.07) is 6.65. The van der Waals surface area contributed by atoms with E-state index in [0.29, 0.717) is 5.69 Å². The average molecular weight is 380 g/mol. The Labute approximate surface area is 142 Å². The molecule has 0 aliphatic rings. The molecule has 0 fully saturated rings. The fourth-order valence-electron chi connectivity index (χ4n) is 2.05. The normalized spacial score (nSPS) is 11.8. The molecule has 0 spiro atoms. The summed E-state index contributed by atoms with van der Waals surface area (Å²) in [6.07, 6.45) is 3.37. The number of hydrogen-bond donors (Lipinski definition) is 3. The number of likely N-dealkylation sites (N-methyl/N-ethyl adjacent to an activating group) is 1. The van der Waals surface area contributed by atoms with Crippen LogP contribution < -0.4 is 16.0 Å². The zero-order valence-electron chi connectivity index (χ0n) is 12.8. The Morgan fingerprint density at radius 2 is 2.00 bits per heavy atom. The first-order valence-corrected chi connectivity index (χ1v) is 7.78. The summed E-state index contributed by atoms with van der Waals surface area (Å²) in [7, 11) is 3.46. The fraction of sp³-hybridized carbons (Fsp3) is 0.267. The van der Waals surface area contributed by atoms with E-state index in [2.05, 4.69) is 37.0 Å². The zero-order chi connectivity index (χ0) is 16.8. The molecule has 1 atom stereocenters. The summed E-state index contributed by atoms with van der Waals surface area (Å²) in [6.45, 7) is -0.104. The largest absolute Gasteiger partial charge is 0.345 e. The Balaban J connectivity index is 1.87. The predicted molar refractivity (Wildman–Crippen MR) is 90.8 cm³/mol. The van der Waals surface area contributed by atoms with E-state index in [-0.39, 0.29) is 18.4 Å². The molecule has 1 aromatic carbocycles. The minimum absolute atomic E-state index is 0.104. The van der Waals surface area contributed by atoms with Gasteiger partial charge in [0.1, 0.15) is 6.04 Å². The van der Waals surface area contributed by atoms with Gasteiger partial charge < -0.3 is 16.0 Å². The first-order chi connectivity index (χ1) is 11.0. The van der Waals surface area contributed by atoms with Crippen molar-refractivity contribution in [1.82, 2.24) is 20.4 Å². The van der Waals surface area contributed by atoms with Gasteiger partial charge in [0.25, 0.3) is 0 Å². The zero-order valence-corrected chi connectivity index (χ0v) is 14.4. The molecule has 1 unspecified atom stereocenters. The summed E-state index contributed by atoms with van der Waals surface area (Å²) in [5.74, 6) is -0.576. The maximum absolute atomic E-state index is 12.2. The lowest BCUT2D eigenvalue weighted by molar-refractivity contribution is -0.125. The summed E-state index contributed by atoms with van der Waals surface area (Å²) in [5.41, 5.74) is 1.41. The van der Waals surface area contributed by atoms with Crippen LogP contribution in [-0.4, -0.2) is 35.2 Å². The molecular formula is C15H18BrN5O2. The molecule has 1 aromatic heterocycles. The second-order valence-corrected chi connectivity index (χ2v) is 5.86. The van der Waals surface area contributed by atoms with Crippen LogP contribution in [0.25, 0.3) is 0 Å². The van der Waals surface area contributed by atoms with E-state index in [1.807, 2.05) is 12.1 Å². The number of amides is 2. The Bertz CT molecular complexity index is 683. The van der Waals surface area contributed by atoms with Crippen molar-refractivity contribution < 1.29 is 9.59 Å². The van der Waals surface area contributed by atoms with E-state index in [0.717, 1.165) is 10.0 Å². The molecule has 1 heterocycles. The van der Waals surface area contributed by atoms with Crippen molar-refractivity contribution in [3.8, 4) is 0 Å². The van der Waals surface area contributed by atoms with Crippen molar-refractivity contribution >= 4 is 33.4 Å². The summed E-state index contributed by atoms with van der Waals surface area (Å²) in [4.78, 5) is 24.1. The van der Waals surface area contributed by atoms with E-state index >= 15 is 0 Å². The SMILES string of the molecule is CNC(C(=O)NCC(=O)Nc1ccc(Br)cc1)c1cnn(C)c1. The van der Waals surface area contributed by atoms with Crippen LogP contribution in [0.1, 0.15) is 11.6 Å². The van der Waals surface area contributed by atoms with Gasteiger partial charge in [0.05, 0.1) is 12.7 Å². The minimum atomic E-state index is -0.552. The van der Waals surface area contributed by atoms with Crippen LogP contribution in [0, 0.1) is 0 Å². The van der Waals surface area contributed by atoms with Crippen molar-refractivity contribution in [2.24, 2.45) is 7.05 Å². The van der Waals surface area contributed by atoms with Gasteiger partial charge in [0.2, 0.25) is 11.8 Å². The second-order valence-electron chi connectivity index (χ2n) is 4.94. The Morgan fingerprint density at radius 3 is 2.57 bits per heavy atom. The Kier molecular flexibility index (Phi) is 5.89. The van der Waals surface area contributed by atoms with E-state index in [1.165, 1.54) is 0 Å². The third kappa shape index (κ3) is 4.90. The smallest absolute Gasteiger partial charge is 0.243 e. The van der Waals surface area contributed by atoms with Gasteiger partial charge >= 0.3 is 0 Å². The van der Waals surface area contributed by atoms with Gasteiger partial charge in [-0.25, -0.2) is 0 Å². The van der Waals surface area contributed by atoms with Crippen molar-refractivity contribution in [2.45, 2.75) is 6.04 Å². The molecule has 0 saturated carbocycles. The molecule has 2 amide bonds. The van der Waals surface area contributed by atoms with Gasteiger partial charge in [0, 0.05) is 29.0 Å². The number of aryl methyl sites for hydroxylation is 1. The van der Waals surface area contributed by atoms with Crippen LogP contribution in [0.4, 0.5) is 5.69 Å². The van der Waals surface area contributed by atoms with Gasteiger partial charge in [-0.05, 0) is 31.3 Å². The summed E-state index contributed by atoms with van der Waals surface area (Å²) in [5, 5.41) is 12.3. The number of nitrogens with one attached hydrogen (secondary N) is 3. The lowest BCUT2D eigenvalue weighted by Crippen LogP contribution is -2.39. The highest BCUT2D eigenvalue weighted by Crippen LogP contribution is 2.14. The number of carbonyl (C=O) groups excluding carboxylic acids is 2. The number of hydrogen-bond acceptors (Lipinski definition) is 4. The Hall–Kier alpha value is -2.19. The van der Waals surface area contributed by atoms with Gasteiger partial charge in [0.15, 0.2) is 0 Å². The number of anilines is 1. The van der Waals surface area contributed by atoms with Crippen LogP contribution in [0.3, 0.4) is 0 Å². The lowest BCUT2D eigenvalue weighted by Gasteiger charge is -2.14. The molecule has 0 saturated heterocycles. The molecule has 8 heteroatoms. The van der Waals surface area contributed by atoms with Crippen LogP contribution >= 0.6 is 15.9 Å². The van der Waals surface area contributed by atoms with Gasteiger partial charge in [-0.2, -0.15) is 5.10 Å². The molecule has 2 rings (SSSR count). The van der Waals surface area contributed by atoms with Crippen LogP contribution in [-0.2, 0) is 16.6 Å². The minimum Gasteiger partial charge on any atom is -0.345 e. The van der Waals surface area contributed by atoms with E-state index in [1.54, 1.807) is 43.3 Å². The highest BCUT2D eigenvalue weighted by atomic mass is 79.9. The standard InChI is InChI=1S/C15H18BrN5O2/c1-17-14(10-7-19-21(2)9-10)15(23)18-8-13(22)20-12-5-3-11(16)4-6-12/h3-7,9,14,17H,8H2,1-2H3,(H,18,23)(H,20,22). The van der Waals surface area contributed by atoms with Crippen molar-refractivity contribution in [3.05, 3.63) is 46.7 Å². The fourth-order valence-corrected chi connectivity index (χ4v) is 2.31. The predicted octanol–water partition coefficient (Wildman–Crippen LogP) is 1.20. The number of aromatic nitrogens is 2. The molecule has 0 aliphatic carbocycles. The lowest BCUT2D eigenvalue weighted by atomic mass is 10.1. The topological polar surface area (TPSA) is 88.1 Å². The maximum atomic E-state index is 12.2. The summed E-state index contributed by atoms with van der Waals surface area (Å²) >= 11 is 3.33. The molecule has 23 heavy (non-hydrogen) atoms. The average Bonchev–Trinajstić information content (AvgIpc) is 2.94. The molecule has 0 bridgehead atoms. The van der Waals surface area contributed by atoms with E-state index in [9.17, 15) is 9.59 Å². The number of halogens is 1. The number of carbonyl (C=O) groups is 2. The molecule has 3 N–H and O–H groups in total. The molecule has 2 aromatic rings. The van der Waals surface area contributed by atoms with Crippen LogP contribution in [0.2, 0.25) is 0 Å².